The number of carbonyl (C=O) groups is 2. The number of rotatable bonds is 46. The Morgan fingerprint density at radius 1 is 0.492 bits per heavy atom. The zero-order valence-electron chi connectivity index (χ0n) is 43.3. The number of esters is 1. The van der Waals surface area contributed by atoms with Gasteiger partial charge in [0.2, 0.25) is 5.91 Å². The molecule has 0 aromatic carbocycles. The molecule has 1 saturated carbocycles. The van der Waals surface area contributed by atoms with Crippen LogP contribution in [0, 0.1) is 11.8 Å². The lowest BCUT2D eigenvalue weighted by Gasteiger charge is -2.33. The monoisotopic (exact) mass is 890 g/mol. The first-order valence-corrected chi connectivity index (χ1v) is 28.3. The summed E-state index contributed by atoms with van der Waals surface area (Å²) < 4.78 is 5.79. The van der Waals surface area contributed by atoms with E-state index < -0.39 is 0 Å². The maximum Gasteiger partial charge on any atom is 0.306 e. The molecule has 0 bridgehead atoms. The first kappa shape index (κ1) is 59.8. The fraction of sp³-hybridized carbons (Fsp3) is 0.964. The van der Waals surface area contributed by atoms with Crippen LogP contribution in [0.15, 0.2) is 0 Å². The molecule has 1 aliphatic carbocycles. The second-order valence-corrected chi connectivity index (χ2v) is 20.4. The van der Waals surface area contributed by atoms with Crippen molar-refractivity contribution in [3.8, 4) is 0 Å². The molecule has 1 aliphatic rings. The predicted molar refractivity (Wildman–Crippen MR) is 273 cm³/mol. The molecule has 1 N–H and O–H groups in total. The molecule has 0 spiro atoms. The standard InChI is InChI=1S/C56H111N3O4/c1-6-10-14-18-20-28-37-52(36-26-16-12-8-3)50-55(61)57(5)42-32-24-34-44-59(54-40-30-22-23-31-41-54)46-45-58(47-48-60)43-33-25-35-49-63-56(62)51-53(38-27-17-13-9-4)39-29-21-19-15-11-7-2/h52-54,60H,6-51H2,1-5H3. The van der Waals surface area contributed by atoms with Crippen molar-refractivity contribution < 1.29 is 19.4 Å². The number of amides is 1. The van der Waals surface area contributed by atoms with Crippen molar-refractivity contribution in [2.24, 2.45) is 11.8 Å². The van der Waals surface area contributed by atoms with Gasteiger partial charge < -0.3 is 14.7 Å². The van der Waals surface area contributed by atoms with Gasteiger partial charge in [-0.25, -0.2) is 0 Å². The van der Waals surface area contributed by atoms with E-state index in [1.165, 1.54) is 205 Å². The van der Waals surface area contributed by atoms with Crippen LogP contribution in [0.3, 0.4) is 0 Å². The molecule has 0 radical (unpaired) electrons. The Balaban J connectivity index is 2.51. The minimum atomic E-state index is 0.0122. The van der Waals surface area contributed by atoms with Gasteiger partial charge in [-0.15, -0.1) is 0 Å². The van der Waals surface area contributed by atoms with Crippen LogP contribution >= 0.6 is 0 Å². The largest absolute Gasteiger partial charge is 0.466 e. The number of aliphatic hydroxyl groups excluding tert-OH is 1. The van der Waals surface area contributed by atoms with Crippen molar-refractivity contribution in [1.82, 2.24) is 14.7 Å². The molecule has 2 atom stereocenters. The minimum Gasteiger partial charge on any atom is -0.466 e. The van der Waals surface area contributed by atoms with Crippen LogP contribution in [0.2, 0.25) is 0 Å². The zero-order valence-corrected chi connectivity index (χ0v) is 43.3. The van der Waals surface area contributed by atoms with Crippen molar-refractivity contribution in [3.05, 3.63) is 0 Å². The fourth-order valence-corrected chi connectivity index (χ4v) is 10.2. The first-order chi connectivity index (χ1) is 30.9. The summed E-state index contributed by atoms with van der Waals surface area (Å²) in [5.74, 6) is 1.41. The molecule has 374 valence electrons. The van der Waals surface area contributed by atoms with Crippen LogP contribution in [0.1, 0.15) is 272 Å². The van der Waals surface area contributed by atoms with Crippen LogP contribution in [-0.2, 0) is 14.3 Å². The summed E-state index contributed by atoms with van der Waals surface area (Å²) >= 11 is 0. The summed E-state index contributed by atoms with van der Waals surface area (Å²) in [5, 5.41) is 9.97. The second-order valence-electron chi connectivity index (χ2n) is 20.4. The molecule has 0 heterocycles. The molecule has 7 heteroatoms. The molecule has 0 saturated heterocycles. The summed E-state index contributed by atoms with van der Waals surface area (Å²) in [7, 11) is 2.05. The van der Waals surface area contributed by atoms with Gasteiger partial charge in [0.05, 0.1) is 13.2 Å². The molecule has 0 aromatic rings. The molecule has 7 nitrogen and oxygen atoms in total. The molecule has 63 heavy (non-hydrogen) atoms. The molecule has 1 amide bonds. The number of unbranched alkanes of at least 4 members (excludes halogenated alkanes) is 20. The van der Waals surface area contributed by atoms with Gasteiger partial charge in [0.25, 0.3) is 0 Å². The quantitative estimate of drug-likeness (QED) is 0.0373. The molecular formula is C56H111N3O4. The number of hydrogen-bond acceptors (Lipinski definition) is 6. The Labute approximate surface area is 393 Å². The number of hydrogen-bond donors (Lipinski definition) is 1. The predicted octanol–water partition coefficient (Wildman–Crippen LogP) is 15.1. The third-order valence-corrected chi connectivity index (χ3v) is 14.5. The number of nitrogens with zero attached hydrogens (tertiary/aromatic N) is 3. The third kappa shape index (κ3) is 35.7. The van der Waals surface area contributed by atoms with Crippen LogP contribution in [0.25, 0.3) is 0 Å². The van der Waals surface area contributed by atoms with E-state index in [2.05, 4.69) is 37.5 Å². The molecule has 0 aromatic heterocycles. The topological polar surface area (TPSA) is 73.3 Å². The van der Waals surface area contributed by atoms with E-state index >= 15 is 0 Å². The van der Waals surface area contributed by atoms with E-state index in [4.69, 9.17) is 4.74 Å². The van der Waals surface area contributed by atoms with Gasteiger partial charge in [-0.3, -0.25) is 19.4 Å². The SMILES string of the molecule is CCCCCCCCC(CCCCCC)CC(=O)OCCCCCN(CCO)CCN(CCCCCN(C)C(=O)CC(CCCCCC)CCCCCCCC)C1CCCCCC1. The van der Waals surface area contributed by atoms with Gasteiger partial charge in [-0.2, -0.15) is 0 Å². The number of aliphatic hydroxyl groups is 1. The average Bonchev–Trinajstić information content (AvgIpc) is 3.57. The number of carbonyl (C=O) groups excluding carboxylic acids is 2. The zero-order chi connectivity index (χ0) is 45.9. The van der Waals surface area contributed by atoms with E-state index in [1.54, 1.807) is 0 Å². The van der Waals surface area contributed by atoms with Crippen molar-refractivity contribution >= 4 is 11.9 Å². The van der Waals surface area contributed by atoms with Gasteiger partial charge in [0.1, 0.15) is 0 Å². The average molecular weight is 891 g/mol. The Hall–Kier alpha value is -1.18. The van der Waals surface area contributed by atoms with Crippen LogP contribution in [-0.4, -0.2) is 97.3 Å². The van der Waals surface area contributed by atoms with Crippen molar-refractivity contribution in [3.63, 3.8) is 0 Å². The van der Waals surface area contributed by atoms with E-state index in [9.17, 15) is 14.7 Å². The number of ether oxygens (including phenoxy) is 1. The summed E-state index contributed by atoms with van der Waals surface area (Å²) in [4.78, 5) is 33.6. The minimum absolute atomic E-state index is 0.0122. The molecule has 2 unspecified atom stereocenters. The Morgan fingerprint density at radius 2 is 0.937 bits per heavy atom. The lowest BCUT2D eigenvalue weighted by atomic mass is 9.91. The van der Waals surface area contributed by atoms with Gasteiger partial charge >= 0.3 is 5.97 Å². The highest BCUT2D eigenvalue weighted by atomic mass is 16.5. The molecular weight excluding hydrogens is 779 g/mol. The second kappa shape index (κ2) is 44.6. The molecule has 1 fully saturated rings. The van der Waals surface area contributed by atoms with E-state index in [-0.39, 0.29) is 12.6 Å². The first-order valence-electron chi connectivity index (χ1n) is 28.3. The lowest BCUT2D eigenvalue weighted by molar-refractivity contribution is -0.145. The van der Waals surface area contributed by atoms with Crippen LogP contribution < -0.4 is 0 Å². The molecule has 0 aliphatic heterocycles. The van der Waals surface area contributed by atoms with Crippen LogP contribution in [0.5, 0.6) is 0 Å². The third-order valence-electron chi connectivity index (χ3n) is 14.5. The smallest absolute Gasteiger partial charge is 0.306 e. The van der Waals surface area contributed by atoms with E-state index in [0.29, 0.717) is 36.8 Å². The van der Waals surface area contributed by atoms with Crippen molar-refractivity contribution in [2.45, 2.75) is 278 Å². The van der Waals surface area contributed by atoms with Crippen molar-refractivity contribution in [1.29, 1.82) is 0 Å². The summed E-state index contributed by atoms with van der Waals surface area (Å²) in [6, 6.07) is 0.671. The van der Waals surface area contributed by atoms with Crippen molar-refractivity contribution in [2.75, 3.05) is 59.5 Å². The highest BCUT2D eigenvalue weighted by molar-refractivity contribution is 5.76. The van der Waals surface area contributed by atoms with Gasteiger partial charge in [-0.1, -0.05) is 188 Å². The van der Waals surface area contributed by atoms with Gasteiger partial charge in [-0.05, 0) is 95.6 Å². The Morgan fingerprint density at radius 3 is 1.48 bits per heavy atom. The van der Waals surface area contributed by atoms with E-state index in [1.807, 2.05) is 11.9 Å². The summed E-state index contributed by atoms with van der Waals surface area (Å²) in [6.45, 7) is 15.6. The summed E-state index contributed by atoms with van der Waals surface area (Å²) in [5.41, 5.74) is 0. The van der Waals surface area contributed by atoms with Gasteiger partial charge in [0.15, 0.2) is 0 Å². The van der Waals surface area contributed by atoms with Crippen LogP contribution in [0.4, 0.5) is 0 Å². The highest BCUT2D eigenvalue weighted by Gasteiger charge is 2.22. The Bertz CT molecular complexity index is 988. The normalized spacial score (nSPS) is 14.7. The summed E-state index contributed by atoms with van der Waals surface area (Å²) in [6.07, 6.45) is 46.7. The maximum atomic E-state index is 13.4. The van der Waals surface area contributed by atoms with E-state index in [0.717, 1.165) is 71.4 Å². The fourth-order valence-electron chi connectivity index (χ4n) is 10.2. The molecule has 1 rings (SSSR count). The Kier molecular flexibility index (Phi) is 42.4. The maximum absolute atomic E-state index is 13.4. The van der Waals surface area contributed by atoms with Gasteiger partial charge in [0, 0.05) is 52.1 Å². The lowest BCUT2D eigenvalue weighted by Crippen LogP contribution is -2.42. The highest BCUT2D eigenvalue weighted by Crippen LogP contribution is 2.25.